The molecule has 0 amide bonds. The predicted octanol–water partition coefficient (Wildman–Crippen LogP) is 1.19. The van der Waals surface area contributed by atoms with E-state index in [1.807, 2.05) is 0 Å². The molecule has 0 saturated heterocycles. The number of hydrogen-bond donors (Lipinski definition) is 0. The lowest BCUT2D eigenvalue weighted by Gasteiger charge is -1.99. The first-order chi connectivity index (χ1) is 5.22. The van der Waals surface area contributed by atoms with Gasteiger partial charge < -0.3 is 4.74 Å². The van der Waals surface area contributed by atoms with Crippen molar-refractivity contribution in [2.75, 3.05) is 6.61 Å². The normalized spacial score (nSPS) is 7.91. The Morgan fingerprint density at radius 1 is 1.73 bits per heavy atom. The highest BCUT2D eigenvalue weighted by Crippen LogP contribution is 1.98. The van der Waals surface area contributed by atoms with Gasteiger partial charge in [0, 0.05) is 5.57 Å². The molecule has 0 aromatic heterocycles. The van der Waals surface area contributed by atoms with Crippen LogP contribution in [0, 0.1) is 11.3 Å². The second kappa shape index (κ2) is 5.24. The van der Waals surface area contributed by atoms with E-state index in [0.29, 0.717) is 0 Å². The van der Waals surface area contributed by atoms with Crippen LogP contribution in [0.1, 0.15) is 6.42 Å². The standard InChI is InChI=1S/C8H9NO2/c1-3-6-11-8(10)7(2)4-5-9/h3H,1-2,4,6H2. The van der Waals surface area contributed by atoms with Crippen LogP contribution in [0.25, 0.3) is 0 Å². The Balaban J connectivity index is 3.75. The molecular weight excluding hydrogens is 142 g/mol. The highest BCUT2D eigenvalue weighted by Gasteiger charge is 2.05. The molecule has 0 bridgehead atoms. The van der Waals surface area contributed by atoms with Crippen molar-refractivity contribution in [3.63, 3.8) is 0 Å². The SMILES string of the molecule is C=CCOC(=O)C(=C)CC#N. The smallest absolute Gasteiger partial charge is 0.334 e. The molecule has 0 aliphatic carbocycles. The van der Waals surface area contributed by atoms with Gasteiger partial charge in [-0.05, 0) is 0 Å². The van der Waals surface area contributed by atoms with Crippen LogP contribution < -0.4 is 0 Å². The molecule has 0 saturated carbocycles. The van der Waals surface area contributed by atoms with Crippen molar-refractivity contribution in [1.29, 1.82) is 5.26 Å². The van der Waals surface area contributed by atoms with Crippen molar-refractivity contribution in [2.24, 2.45) is 0 Å². The molecule has 0 aliphatic heterocycles. The summed E-state index contributed by atoms with van der Waals surface area (Å²) in [4.78, 5) is 10.8. The number of carbonyl (C=O) groups excluding carboxylic acids is 1. The Bertz CT molecular complexity index is 213. The van der Waals surface area contributed by atoms with Gasteiger partial charge >= 0.3 is 5.97 Å². The second-order valence-electron chi connectivity index (χ2n) is 1.83. The lowest BCUT2D eigenvalue weighted by molar-refractivity contribution is -0.137. The van der Waals surface area contributed by atoms with Crippen LogP contribution in [0.5, 0.6) is 0 Å². The Labute approximate surface area is 65.6 Å². The minimum atomic E-state index is -0.536. The minimum absolute atomic E-state index is 0.00990. The van der Waals surface area contributed by atoms with E-state index in [4.69, 9.17) is 5.26 Å². The van der Waals surface area contributed by atoms with Crippen LogP contribution in [0.3, 0.4) is 0 Å². The molecule has 0 radical (unpaired) electrons. The zero-order valence-electron chi connectivity index (χ0n) is 6.17. The molecule has 0 aliphatic rings. The molecule has 3 heteroatoms. The lowest BCUT2D eigenvalue weighted by atomic mass is 10.2. The van der Waals surface area contributed by atoms with Crippen molar-refractivity contribution < 1.29 is 9.53 Å². The van der Waals surface area contributed by atoms with E-state index in [1.54, 1.807) is 6.07 Å². The average Bonchev–Trinajstić information content (AvgIpc) is 2.00. The summed E-state index contributed by atoms with van der Waals surface area (Å²) in [6, 6.07) is 1.80. The van der Waals surface area contributed by atoms with Gasteiger partial charge in [-0.25, -0.2) is 4.79 Å². The maximum atomic E-state index is 10.8. The highest BCUT2D eigenvalue weighted by molar-refractivity contribution is 5.88. The van der Waals surface area contributed by atoms with Crippen LogP contribution in [0.2, 0.25) is 0 Å². The topological polar surface area (TPSA) is 50.1 Å². The monoisotopic (exact) mass is 151 g/mol. The van der Waals surface area contributed by atoms with Gasteiger partial charge in [-0.15, -0.1) is 0 Å². The Morgan fingerprint density at radius 3 is 2.82 bits per heavy atom. The molecule has 3 nitrogen and oxygen atoms in total. The molecule has 0 unspecified atom stereocenters. The van der Waals surface area contributed by atoms with Crippen LogP contribution in [-0.4, -0.2) is 12.6 Å². The highest BCUT2D eigenvalue weighted by atomic mass is 16.5. The number of nitriles is 1. The molecule has 0 heterocycles. The van der Waals surface area contributed by atoms with E-state index >= 15 is 0 Å². The van der Waals surface area contributed by atoms with Crippen molar-refractivity contribution in [3.8, 4) is 6.07 Å². The van der Waals surface area contributed by atoms with E-state index in [0.717, 1.165) is 0 Å². The first-order valence-electron chi connectivity index (χ1n) is 3.05. The summed E-state index contributed by atoms with van der Waals surface area (Å²) in [6.45, 7) is 6.89. The van der Waals surface area contributed by atoms with Crippen LogP contribution in [-0.2, 0) is 9.53 Å². The maximum absolute atomic E-state index is 10.8. The van der Waals surface area contributed by atoms with E-state index in [1.165, 1.54) is 6.08 Å². The number of esters is 1. The van der Waals surface area contributed by atoms with Gasteiger partial charge in [-0.3, -0.25) is 0 Å². The van der Waals surface area contributed by atoms with E-state index in [-0.39, 0.29) is 18.6 Å². The zero-order chi connectivity index (χ0) is 8.69. The van der Waals surface area contributed by atoms with Gasteiger partial charge in [0.05, 0.1) is 12.5 Å². The third-order valence-electron chi connectivity index (χ3n) is 0.913. The number of rotatable bonds is 4. The molecule has 0 rings (SSSR count). The fraction of sp³-hybridized carbons (Fsp3) is 0.250. The molecule has 0 aromatic rings. The summed E-state index contributed by atoms with van der Waals surface area (Å²) in [5.41, 5.74) is 0.175. The molecule has 58 valence electrons. The van der Waals surface area contributed by atoms with Gasteiger partial charge in [-0.1, -0.05) is 19.2 Å². The zero-order valence-corrected chi connectivity index (χ0v) is 6.17. The van der Waals surface area contributed by atoms with Gasteiger partial charge in [0.1, 0.15) is 6.61 Å². The first kappa shape index (κ1) is 9.44. The molecule has 11 heavy (non-hydrogen) atoms. The Morgan fingerprint density at radius 2 is 2.36 bits per heavy atom. The van der Waals surface area contributed by atoms with E-state index < -0.39 is 5.97 Å². The van der Waals surface area contributed by atoms with Crippen LogP contribution in [0.15, 0.2) is 24.8 Å². The molecule has 0 fully saturated rings. The van der Waals surface area contributed by atoms with E-state index in [2.05, 4.69) is 17.9 Å². The average molecular weight is 151 g/mol. The fourth-order valence-corrected chi connectivity index (χ4v) is 0.404. The van der Waals surface area contributed by atoms with Crippen molar-refractivity contribution in [3.05, 3.63) is 24.8 Å². The Hall–Kier alpha value is -1.56. The Kier molecular flexibility index (Phi) is 4.50. The van der Waals surface area contributed by atoms with Gasteiger partial charge in [0.25, 0.3) is 0 Å². The lowest BCUT2D eigenvalue weighted by Crippen LogP contribution is -2.06. The summed E-state index contributed by atoms with van der Waals surface area (Å²) >= 11 is 0. The van der Waals surface area contributed by atoms with E-state index in [9.17, 15) is 4.79 Å². The van der Waals surface area contributed by atoms with Crippen LogP contribution in [0.4, 0.5) is 0 Å². The largest absolute Gasteiger partial charge is 0.458 e. The minimum Gasteiger partial charge on any atom is -0.458 e. The predicted molar refractivity (Wildman–Crippen MR) is 40.5 cm³/mol. The third-order valence-corrected chi connectivity index (χ3v) is 0.913. The summed E-state index contributed by atoms with van der Waals surface area (Å²) in [7, 11) is 0. The summed E-state index contributed by atoms with van der Waals surface area (Å²) < 4.78 is 4.60. The van der Waals surface area contributed by atoms with Gasteiger partial charge in [-0.2, -0.15) is 5.26 Å². The number of ether oxygens (including phenoxy) is 1. The third kappa shape index (κ3) is 3.93. The van der Waals surface area contributed by atoms with Crippen LogP contribution >= 0.6 is 0 Å². The van der Waals surface area contributed by atoms with Gasteiger partial charge in [0.2, 0.25) is 0 Å². The second-order valence-corrected chi connectivity index (χ2v) is 1.83. The number of nitrogens with zero attached hydrogens (tertiary/aromatic N) is 1. The molecule has 0 atom stereocenters. The number of hydrogen-bond acceptors (Lipinski definition) is 3. The molecule has 0 N–H and O–H groups in total. The molecular formula is C8H9NO2. The summed E-state index contributed by atoms with van der Waals surface area (Å²) in [5.74, 6) is -0.536. The molecule has 0 spiro atoms. The number of carbonyl (C=O) groups is 1. The van der Waals surface area contributed by atoms with Gasteiger partial charge in [0.15, 0.2) is 0 Å². The van der Waals surface area contributed by atoms with Crippen molar-refractivity contribution in [1.82, 2.24) is 0 Å². The van der Waals surface area contributed by atoms with Crippen molar-refractivity contribution >= 4 is 5.97 Å². The maximum Gasteiger partial charge on any atom is 0.334 e. The summed E-state index contributed by atoms with van der Waals surface area (Å²) in [6.07, 6.45) is 1.47. The van der Waals surface area contributed by atoms with Crippen molar-refractivity contribution in [2.45, 2.75) is 6.42 Å². The fourth-order valence-electron chi connectivity index (χ4n) is 0.404. The molecule has 0 aromatic carbocycles. The summed E-state index contributed by atoms with van der Waals surface area (Å²) in [5, 5.41) is 8.17. The quantitative estimate of drug-likeness (QED) is 0.344. The first-order valence-corrected chi connectivity index (χ1v) is 3.05.